The van der Waals surface area contributed by atoms with Crippen LogP contribution in [0.25, 0.3) is 0 Å². The predicted octanol–water partition coefficient (Wildman–Crippen LogP) is 4.67. The average Bonchev–Trinajstić information content (AvgIpc) is 2.42. The van der Waals surface area contributed by atoms with Gasteiger partial charge in [-0.05, 0) is 73.6 Å². The van der Waals surface area contributed by atoms with E-state index >= 15 is 0 Å². The van der Waals surface area contributed by atoms with Crippen molar-refractivity contribution in [3.63, 3.8) is 0 Å². The Hall–Kier alpha value is -0.600. The van der Waals surface area contributed by atoms with Crippen LogP contribution in [0.1, 0.15) is 38.7 Å². The van der Waals surface area contributed by atoms with Gasteiger partial charge in [-0.2, -0.15) is 0 Å². The summed E-state index contributed by atoms with van der Waals surface area (Å²) in [7, 11) is 0. The minimum atomic E-state index is -0.338. The Bertz CT molecular complexity index is 447. The second-order valence-electron chi connectivity index (χ2n) is 6.53. The topological polar surface area (TPSA) is 26.0 Å². The summed E-state index contributed by atoms with van der Waals surface area (Å²) in [5.41, 5.74) is 7.07. The SMILES string of the molecule is CC(C)C1CCC(CN)C(Cc2ccc(F)c(Cl)c2)C1. The van der Waals surface area contributed by atoms with Crippen molar-refractivity contribution >= 4 is 11.6 Å². The van der Waals surface area contributed by atoms with Crippen LogP contribution in [-0.2, 0) is 6.42 Å². The van der Waals surface area contributed by atoms with Crippen LogP contribution < -0.4 is 5.73 Å². The highest BCUT2D eigenvalue weighted by molar-refractivity contribution is 6.30. The van der Waals surface area contributed by atoms with E-state index in [-0.39, 0.29) is 10.8 Å². The van der Waals surface area contributed by atoms with Gasteiger partial charge < -0.3 is 5.73 Å². The standard InChI is InChI=1S/C17H25ClFN/c1-11(2)13-4-5-14(10-20)15(9-13)7-12-3-6-17(19)16(18)8-12/h3,6,8,11,13-15H,4-5,7,9-10,20H2,1-2H3. The fraction of sp³-hybridized carbons (Fsp3) is 0.647. The first kappa shape index (κ1) is 15.8. The van der Waals surface area contributed by atoms with Crippen molar-refractivity contribution in [3.05, 3.63) is 34.6 Å². The van der Waals surface area contributed by atoms with Crippen LogP contribution in [0.3, 0.4) is 0 Å². The summed E-state index contributed by atoms with van der Waals surface area (Å²) in [6.45, 7) is 5.36. The van der Waals surface area contributed by atoms with E-state index in [2.05, 4.69) is 13.8 Å². The maximum absolute atomic E-state index is 13.2. The Morgan fingerprint density at radius 1 is 1.30 bits per heavy atom. The lowest BCUT2D eigenvalue weighted by atomic mass is 9.69. The van der Waals surface area contributed by atoms with Crippen LogP contribution in [0.15, 0.2) is 18.2 Å². The van der Waals surface area contributed by atoms with Crippen LogP contribution >= 0.6 is 11.6 Å². The van der Waals surface area contributed by atoms with E-state index in [4.69, 9.17) is 17.3 Å². The van der Waals surface area contributed by atoms with Crippen molar-refractivity contribution in [1.29, 1.82) is 0 Å². The van der Waals surface area contributed by atoms with Crippen LogP contribution in [0.4, 0.5) is 4.39 Å². The van der Waals surface area contributed by atoms with E-state index in [1.54, 1.807) is 6.07 Å². The first-order valence-corrected chi connectivity index (χ1v) is 8.03. The quantitative estimate of drug-likeness (QED) is 0.859. The third kappa shape index (κ3) is 3.73. The van der Waals surface area contributed by atoms with Gasteiger partial charge in [0.25, 0.3) is 0 Å². The summed E-state index contributed by atoms with van der Waals surface area (Å²) < 4.78 is 13.2. The second kappa shape index (κ2) is 6.91. The molecule has 0 aliphatic heterocycles. The molecule has 0 radical (unpaired) electrons. The largest absolute Gasteiger partial charge is 0.330 e. The van der Waals surface area contributed by atoms with Crippen LogP contribution in [-0.4, -0.2) is 6.54 Å². The predicted molar refractivity (Wildman–Crippen MR) is 83.3 cm³/mol. The van der Waals surface area contributed by atoms with Gasteiger partial charge in [0.05, 0.1) is 5.02 Å². The summed E-state index contributed by atoms with van der Waals surface area (Å²) in [6.07, 6.45) is 4.71. The molecule has 0 saturated heterocycles. The van der Waals surface area contributed by atoms with Crippen molar-refractivity contribution < 1.29 is 4.39 Å². The molecule has 1 saturated carbocycles. The van der Waals surface area contributed by atoms with Gasteiger partial charge in [-0.3, -0.25) is 0 Å². The second-order valence-corrected chi connectivity index (χ2v) is 6.93. The van der Waals surface area contributed by atoms with E-state index in [0.717, 1.165) is 30.4 Å². The molecule has 0 aromatic heterocycles. The summed E-state index contributed by atoms with van der Waals surface area (Å²) in [4.78, 5) is 0. The average molecular weight is 298 g/mol. The van der Waals surface area contributed by atoms with Gasteiger partial charge in [0.2, 0.25) is 0 Å². The smallest absolute Gasteiger partial charge is 0.141 e. The van der Waals surface area contributed by atoms with Crippen molar-refractivity contribution in [2.75, 3.05) is 6.54 Å². The van der Waals surface area contributed by atoms with E-state index in [1.807, 2.05) is 6.07 Å². The molecule has 0 spiro atoms. The maximum atomic E-state index is 13.2. The zero-order valence-electron chi connectivity index (χ0n) is 12.4. The molecule has 112 valence electrons. The molecule has 0 heterocycles. The Labute approximate surface area is 126 Å². The van der Waals surface area contributed by atoms with E-state index in [9.17, 15) is 4.39 Å². The highest BCUT2D eigenvalue weighted by atomic mass is 35.5. The van der Waals surface area contributed by atoms with Crippen LogP contribution in [0.5, 0.6) is 0 Å². The van der Waals surface area contributed by atoms with Crippen molar-refractivity contribution in [3.8, 4) is 0 Å². The molecule has 0 amide bonds. The van der Waals surface area contributed by atoms with Gasteiger partial charge in [0, 0.05) is 0 Å². The first-order valence-electron chi connectivity index (χ1n) is 7.65. The minimum absolute atomic E-state index is 0.225. The zero-order valence-corrected chi connectivity index (χ0v) is 13.2. The van der Waals surface area contributed by atoms with Crippen LogP contribution in [0.2, 0.25) is 5.02 Å². The van der Waals surface area contributed by atoms with Gasteiger partial charge in [-0.25, -0.2) is 4.39 Å². The number of halogens is 2. The van der Waals surface area contributed by atoms with Gasteiger partial charge in [-0.15, -0.1) is 0 Å². The Kier molecular flexibility index (Phi) is 5.45. The molecule has 2 N–H and O–H groups in total. The highest BCUT2D eigenvalue weighted by Crippen LogP contribution is 2.39. The Morgan fingerprint density at radius 3 is 2.65 bits per heavy atom. The van der Waals surface area contributed by atoms with Crippen LogP contribution in [0, 0.1) is 29.5 Å². The molecule has 0 bridgehead atoms. The number of hydrogen-bond donors (Lipinski definition) is 1. The van der Waals surface area contributed by atoms with Gasteiger partial charge >= 0.3 is 0 Å². The molecule has 3 atom stereocenters. The summed E-state index contributed by atoms with van der Waals surface area (Å²) in [5.74, 6) is 2.37. The molecule has 20 heavy (non-hydrogen) atoms. The van der Waals surface area contributed by atoms with E-state index in [1.165, 1.54) is 25.3 Å². The van der Waals surface area contributed by atoms with E-state index < -0.39 is 0 Å². The number of benzene rings is 1. The molecule has 1 fully saturated rings. The highest BCUT2D eigenvalue weighted by Gasteiger charge is 2.31. The number of rotatable bonds is 4. The molecule has 1 aliphatic carbocycles. The molecular weight excluding hydrogens is 273 g/mol. The van der Waals surface area contributed by atoms with Gasteiger partial charge in [-0.1, -0.05) is 31.5 Å². The number of nitrogens with two attached hydrogens (primary N) is 1. The fourth-order valence-electron chi connectivity index (χ4n) is 3.50. The lowest BCUT2D eigenvalue weighted by Crippen LogP contribution is -2.33. The molecule has 2 rings (SSSR count). The third-order valence-electron chi connectivity index (χ3n) is 4.91. The molecule has 1 nitrogen and oxygen atoms in total. The fourth-order valence-corrected chi connectivity index (χ4v) is 3.70. The lowest BCUT2D eigenvalue weighted by Gasteiger charge is -2.37. The molecule has 3 unspecified atom stereocenters. The Balaban J connectivity index is 2.09. The third-order valence-corrected chi connectivity index (χ3v) is 5.20. The molecular formula is C17H25ClFN. The minimum Gasteiger partial charge on any atom is -0.330 e. The van der Waals surface area contributed by atoms with E-state index in [0.29, 0.717) is 11.8 Å². The molecule has 3 heteroatoms. The summed E-state index contributed by atoms with van der Waals surface area (Å²) >= 11 is 5.88. The van der Waals surface area contributed by atoms with Crippen molar-refractivity contribution in [2.24, 2.45) is 29.4 Å². The normalized spacial score (nSPS) is 27.0. The summed E-state index contributed by atoms with van der Waals surface area (Å²) in [5, 5.41) is 0.225. The Morgan fingerprint density at radius 2 is 2.05 bits per heavy atom. The molecule has 1 aliphatic rings. The summed E-state index contributed by atoms with van der Waals surface area (Å²) in [6, 6.07) is 5.09. The molecule has 1 aromatic carbocycles. The zero-order chi connectivity index (χ0) is 14.7. The first-order chi connectivity index (χ1) is 9.51. The monoisotopic (exact) mass is 297 g/mol. The van der Waals surface area contributed by atoms with Gasteiger partial charge in [0.15, 0.2) is 0 Å². The van der Waals surface area contributed by atoms with Crippen molar-refractivity contribution in [2.45, 2.75) is 39.5 Å². The van der Waals surface area contributed by atoms with Crippen molar-refractivity contribution in [1.82, 2.24) is 0 Å². The number of hydrogen-bond acceptors (Lipinski definition) is 1. The lowest BCUT2D eigenvalue weighted by molar-refractivity contribution is 0.151. The van der Waals surface area contributed by atoms with Gasteiger partial charge in [0.1, 0.15) is 5.82 Å². The maximum Gasteiger partial charge on any atom is 0.141 e. The molecule has 1 aromatic rings.